The van der Waals surface area contributed by atoms with Gasteiger partial charge in [0.15, 0.2) is 5.69 Å². The van der Waals surface area contributed by atoms with Gasteiger partial charge in [-0.1, -0.05) is 19.1 Å². The molecule has 0 bridgehead atoms. The zero-order chi connectivity index (χ0) is 27.6. The minimum absolute atomic E-state index is 0.0135. The maximum absolute atomic E-state index is 13.8. The van der Waals surface area contributed by atoms with E-state index < -0.39 is 17.7 Å². The number of fused-ring (bicyclic) bond motifs is 1. The Morgan fingerprint density at radius 2 is 1.92 bits per heavy atom. The molecular formula is C26H32F4N4O4. The van der Waals surface area contributed by atoms with E-state index in [-0.39, 0.29) is 68.0 Å². The van der Waals surface area contributed by atoms with Gasteiger partial charge in [-0.2, -0.15) is 18.3 Å². The first-order chi connectivity index (χ1) is 18.0. The zero-order valence-electron chi connectivity index (χ0n) is 21.6. The Morgan fingerprint density at radius 1 is 1.21 bits per heavy atom. The first kappa shape index (κ1) is 28.0. The molecule has 1 aromatic carbocycles. The minimum atomic E-state index is -4.63. The van der Waals surface area contributed by atoms with Crippen molar-refractivity contribution in [1.82, 2.24) is 19.6 Å². The Labute approximate surface area is 218 Å². The van der Waals surface area contributed by atoms with Crippen LogP contribution in [0.5, 0.6) is 0 Å². The fourth-order valence-electron chi connectivity index (χ4n) is 5.19. The number of nitrogens with zero attached hydrogens (tertiary/aromatic N) is 4. The number of ether oxygens (including phenoxy) is 2. The molecule has 38 heavy (non-hydrogen) atoms. The lowest BCUT2D eigenvalue weighted by Gasteiger charge is -2.42. The van der Waals surface area contributed by atoms with E-state index in [2.05, 4.69) is 5.10 Å². The van der Waals surface area contributed by atoms with Gasteiger partial charge in [-0.3, -0.25) is 19.2 Å². The van der Waals surface area contributed by atoms with E-state index in [9.17, 15) is 27.2 Å². The lowest BCUT2D eigenvalue weighted by Crippen LogP contribution is -2.55. The van der Waals surface area contributed by atoms with Crippen molar-refractivity contribution in [3.63, 3.8) is 0 Å². The fourth-order valence-corrected chi connectivity index (χ4v) is 5.19. The maximum atomic E-state index is 13.8. The molecule has 12 heteroatoms. The molecule has 3 atom stereocenters. The number of amides is 1. The Hall–Kier alpha value is -2.99. The number of esters is 1. The predicted molar refractivity (Wildman–Crippen MR) is 128 cm³/mol. The summed E-state index contributed by atoms with van der Waals surface area (Å²) in [4.78, 5) is 28.9. The van der Waals surface area contributed by atoms with Gasteiger partial charge in [0.05, 0.1) is 51.6 Å². The van der Waals surface area contributed by atoms with Gasteiger partial charge in [-0.05, 0) is 37.5 Å². The van der Waals surface area contributed by atoms with Crippen molar-refractivity contribution in [2.24, 2.45) is 5.92 Å². The van der Waals surface area contributed by atoms with E-state index in [1.165, 1.54) is 36.1 Å². The number of hydrogen-bond donors (Lipinski definition) is 0. The van der Waals surface area contributed by atoms with Crippen LogP contribution >= 0.6 is 0 Å². The topological polar surface area (TPSA) is 76.9 Å². The number of rotatable bonds is 7. The highest BCUT2D eigenvalue weighted by Gasteiger charge is 2.41. The van der Waals surface area contributed by atoms with E-state index in [4.69, 9.17) is 9.47 Å². The van der Waals surface area contributed by atoms with Gasteiger partial charge in [0.2, 0.25) is 5.91 Å². The first-order valence-corrected chi connectivity index (χ1v) is 12.6. The lowest BCUT2D eigenvalue weighted by atomic mass is 9.98. The quantitative estimate of drug-likeness (QED) is 0.397. The Morgan fingerprint density at radius 3 is 2.58 bits per heavy atom. The predicted octanol–water partition coefficient (Wildman–Crippen LogP) is 3.26. The number of hydrogen-bond acceptors (Lipinski definition) is 6. The van der Waals surface area contributed by atoms with Crippen molar-refractivity contribution in [1.29, 1.82) is 0 Å². The van der Waals surface area contributed by atoms with Crippen LogP contribution in [0.3, 0.4) is 0 Å². The van der Waals surface area contributed by atoms with Gasteiger partial charge in [-0.15, -0.1) is 0 Å². The number of alkyl halides is 3. The van der Waals surface area contributed by atoms with E-state index in [1.54, 1.807) is 11.8 Å². The van der Waals surface area contributed by atoms with Crippen LogP contribution in [0.2, 0.25) is 0 Å². The molecule has 4 rings (SSSR count). The average molecular weight is 541 g/mol. The van der Waals surface area contributed by atoms with Crippen LogP contribution in [0.25, 0.3) is 0 Å². The van der Waals surface area contributed by atoms with Crippen LogP contribution in [-0.4, -0.2) is 77.0 Å². The van der Waals surface area contributed by atoms with E-state index >= 15 is 0 Å². The number of halogens is 4. The van der Waals surface area contributed by atoms with Gasteiger partial charge in [0.25, 0.3) is 0 Å². The highest BCUT2D eigenvalue weighted by molar-refractivity contribution is 5.78. The molecule has 1 aromatic heterocycles. The van der Waals surface area contributed by atoms with Crippen LogP contribution in [0.4, 0.5) is 17.6 Å². The summed E-state index contributed by atoms with van der Waals surface area (Å²) in [6, 6.07) is 5.22. The van der Waals surface area contributed by atoms with Crippen molar-refractivity contribution in [3.05, 3.63) is 52.6 Å². The fraction of sp³-hybridized carbons (Fsp3) is 0.577. The molecule has 1 amide bonds. The van der Waals surface area contributed by atoms with Crippen molar-refractivity contribution < 1.29 is 36.6 Å². The minimum Gasteiger partial charge on any atom is -0.469 e. The number of morpholine rings is 1. The molecule has 0 spiro atoms. The van der Waals surface area contributed by atoms with Gasteiger partial charge < -0.3 is 14.4 Å². The second-order valence-corrected chi connectivity index (χ2v) is 9.99. The molecule has 2 aliphatic heterocycles. The monoisotopic (exact) mass is 540 g/mol. The molecule has 3 heterocycles. The molecule has 1 saturated heterocycles. The van der Waals surface area contributed by atoms with Gasteiger partial charge >= 0.3 is 12.1 Å². The number of carbonyl (C=O) groups is 2. The van der Waals surface area contributed by atoms with Crippen molar-refractivity contribution in [3.8, 4) is 0 Å². The molecule has 8 nitrogen and oxygen atoms in total. The van der Waals surface area contributed by atoms with Crippen molar-refractivity contribution >= 4 is 11.9 Å². The number of carbonyl (C=O) groups excluding carboxylic acids is 2. The summed E-state index contributed by atoms with van der Waals surface area (Å²) < 4.78 is 66.4. The number of benzene rings is 1. The summed E-state index contributed by atoms with van der Waals surface area (Å²) in [7, 11) is 1.33. The standard InChI is InChI=1S/C26H32F4N4O4/c1-16(25(36)37-3)10-20-15-38-14-17(2)33(20)13-23(35)32-9-8-21-22(12-32)34(31-24(21)26(28,29)30)11-18-4-6-19(27)7-5-18/h4-7,16-17,20H,8-15H2,1-3H3. The Balaban J connectivity index is 1.53. The third kappa shape index (κ3) is 6.17. The summed E-state index contributed by atoms with van der Waals surface area (Å²) in [5.41, 5.74) is 0.0688. The molecule has 3 unspecified atom stereocenters. The van der Waals surface area contributed by atoms with E-state index in [0.717, 1.165) is 0 Å². The molecule has 0 aliphatic carbocycles. The highest BCUT2D eigenvalue weighted by Crippen LogP contribution is 2.35. The largest absolute Gasteiger partial charge is 0.469 e. The Bertz CT molecular complexity index is 1150. The summed E-state index contributed by atoms with van der Waals surface area (Å²) in [5, 5.41) is 3.86. The summed E-state index contributed by atoms with van der Waals surface area (Å²) in [6.45, 7) is 4.69. The number of aromatic nitrogens is 2. The molecule has 2 aliphatic rings. The molecule has 0 radical (unpaired) electrons. The van der Waals surface area contributed by atoms with E-state index in [0.29, 0.717) is 30.9 Å². The van der Waals surface area contributed by atoms with Crippen molar-refractivity contribution in [2.45, 2.75) is 58.0 Å². The van der Waals surface area contributed by atoms with Gasteiger partial charge in [-0.25, -0.2) is 4.39 Å². The Kier molecular flexibility index (Phi) is 8.41. The average Bonchev–Trinajstić information content (AvgIpc) is 3.25. The summed E-state index contributed by atoms with van der Waals surface area (Å²) in [6.07, 6.45) is -4.15. The highest BCUT2D eigenvalue weighted by atomic mass is 19.4. The first-order valence-electron chi connectivity index (χ1n) is 12.6. The number of methoxy groups -OCH3 is 1. The van der Waals surface area contributed by atoms with Gasteiger partial charge in [0, 0.05) is 24.2 Å². The van der Waals surface area contributed by atoms with Crippen LogP contribution in [0.1, 0.15) is 42.8 Å². The van der Waals surface area contributed by atoms with Crippen molar-refractivity contribution in [2.75, 3.05) is 33.4 Å². The molecule has 208 valence electrons. The summed E-state index contributed by atoms with van der Waals surface area (Å²) >= 11 is 0. The molecule has 2 aromatic rings. The normalized spacial score (nSPS) is 21.2. The van der Waals surface area contributed by atoms with Crippen LogP contribution < -0.4 is 0 Å². The van der Waals surface area contributed by atoms with Crippen LogP contribution in [0, 0.1) is 11.7 Å². The van der Waals surface area contributed by atoms with Crippen LogP contribution in [0.15, 0.2) is 24.3 Å². The third-order valence-corrected chi connectivity index (χ3v) is 7.26. The molecule has 0 saturated carbocycles. The lowest BCUT2D eigenvalue weighted by molar-refractivity contribution is -0.147. The molecule has 0 N–H and O–H groups in total. The second kappa shape index (κ2) is 11.4. The third-order valence-electron chi connectivity index (χ3n) is 7.26. The van der Waals surface area contributed by atoms with E-state index in [1.807, 2.05) is 11.8 Å². The smallest absolute Gasteiger partial charge is 0.435 e. The zero-order valence-corrected chi connectivity index (χ0v) is 21.6. The van der Waals surface area contributed by atoms with Gasteiger partial charge in [0.1, 0.15) is 5.82 Å². The molecule has 1 fully saturated rings. The molecular weight excluding hydrogens is 508 g/mol. The SMILES string of the molecule is COC(=O)C(C)CC1COCC(C)N1CC(=O)N1CCc2c(C(F)(F)F)nn(Cc3ccc(F)cc3)c2C1. The maximum Gasteiger partial charge on any atom is 0.435 e. The second-order valence-electron chi connectivity index (χ2n) is 9.99. The van der Waals surface area contributed by atoms with Crippen LogP contribution in [-0.2, 0) is 44.7 Å². The summed E-state index contributed by atoms with van der Waals surface area (Å²) in [5.74, 6) is -1.38.